The lowest BCUT2D eigenvalue weighted by molar-refractivity contribution is -0.121. The van der Waals surface area contributed by atoms with E-state index in [-0.39, 0.29) is 35.2 Å². The fourth-order valence-electron chi connectivity index (χ4n) is 3.88. The van der Waals surface area contributed by atoms with Crippen molar-refractivity contribution in [2.24, 2.45) is 0 Å². The molecule has 3 rings (SSSR count). The Bertz CT molecular complexity index is 1300. The van der Waals surface area contributed by atoms with Crippen LogP contribution in [0.15, 0.2) is 53.4 Å². The van der Waals surface area contributed by atoms with Gasteiger partial charge in [-0.25, -0.2) is 22.2 Å². The second-order valence-electron chi connectivity index (χ2n) is 8.00. The average molecular weight is 525 g/mol. The molecule has 0 radical (unpaired) electrons. The number of hydrogen-bond donors (Lipinski definition) is 4. The predicted molar refractivity (Wildman–Crippen MR) is 129 cm³/mol. The molecule has 4 N–H and O–H groups in total. The first-order chi connectivity index (χ1) is 16.5. The van der Waals surface area contributed by atoms with Crippen LogP contribution in [0, 0.1) is 0 Å². The third-order valence-corrected chi connectivity index (χ3v) is 8.54. The molecule has 0 spiro atoms. The van der Waals surface area contributed by atoms with Crippen molar-refractivity contribution in [1.29, 1.82) is 0 Å². The molecular weight excluding hydrogens is 496 g/mol. The third kappa shape index (κ3) is 6.10. The van der Waals surface area contributed by atoms with Crippen LogP contribution < -0.4 is 19.1 Å². The molecule has 13 heteroatoms. The number of aromatic hydroxyl groups is 1. The van der Waals surface area contributed by atoms with Gasteiger partial charge in [0.15, 0.2) is 0 Å². The maximum Gasteiger partial charge on any atom is 0.326 e. The Balaban J connectivity index is 1.94. The van der Waals surface area contributed by atoms with Gasteiger partial charge in [0, 0.05) is 24.9 Å². The molecule has 1 heterocycles. The SMILES string of the molecule is CCC(=O)NC[C@@H](NS(=O)(=O)c1ccccc1)[C@@H](CC)c1ccc(N2CC(=O)NS2(=O)=O)c(O)c1. The topological polar surface area (TPSA) is 162 Å². The summed E-state index contributed by atoms with van der Waals surface area (Å²) in [6, 6.07) is 11.3. The minimum atomic E-state index is -4.11. The van der Waals surface area contributed by atoms with E-state index in [0.29, 0.717) is 12.0 Å². The Labute approximate surface area is 204 Å². The van der Waals surface area contributed by atoms with Gasteiger partial charge in [-0.1, -0.05) is 38.1 Å². The van der Waals surface area contributed by atoms with Crippen molar-refractivity contribution in [2.45, 2.75) is 43.5 Å². The van der Waals surface area contributed by atoms with E-state index in [1.807, 2.05) is 11.6 Å². The van der Waals surface area contributed by atoms with Gasteiger partial charge in [-0.3, -0.25) is 9.59 Å². The lowest BCUT2D eigenvalue weighted by Gasteiger charge is -2.28. The molecule has 2 atom stereocenters. The van der Waals surface area contributed by atoms with Crippen LogP contribution in [0.1, 0.15) is 38.2 Å². The van der Waals surface area contributed by atoms with E-state index >= 15 is 0 Å². The summed E-state index contributed by atoms with van der Waals surface area (Å²) in [5.74, 6) is -1.84. The van der Waals surface area contributed by atoms with E-state index in [4.69, 9.17) is 0 Å². The van der Waals surface area contributed by atoms with E-state index in [2.05, 4.69) is 10.0 Å². The molecule has 11 nitrogen and oxygen atoms in total. The summed E-state index contributed by atoms with van der Waals surface area (Å²) in [6.45, 7) is 3.04. The molecule has 1 fully saturated rings. The lowest BCUT2D eigenvalue weighted by Crippen LogP contribution is -2.46. The van der Waals surface area contributed by atoms with Crippen molar-refractivity contribution in [3.05, 3.63) is 54.1 Å². The number of phenols is 1. The van der Waals surface area contributed by atoms with Crippen molar-refractivity contribution < 1.29 is 31.5 Å². The standard InChI is InChI=1S/C22H28N4O7S2/c1-3-17(15-10-11-19(20(27)12-15)26-14-22(29)25-35(26,32)33)18(13-23-21(28)4-2)24-34(30,31)16-8-6-5-7-9-16/h5-12,17-18,24,27H,3-4,13-14H2,1-2H3,(H,23,28)(H,25,29)/t17-,18+/m0/s1. The number of benzene rings is 2. The van der Waals surface area contributed by atoms with E-state index < -0.39 is 44.6 Å². The number of carbonyl (C=O) groups is 2. The zero-order valence-corrected chi connectivity index (χ0v) is 20.9. The molecule has 0 unspecified atom stereocenters. The van der Waals surface area contributed by atoms with Crippen LogP contribution in [0.2, 0.25) is 0 Å². The summed E-state index contributed by atoms with van der Waals surface area (Å²) in [4.78, 5) is 23.5. The monoisotopic (exact) mass is 524 g/mol. The van der Waals surface area contributed by atoms with Gasteiger partial charge in [0.25, 0.3) is 5.91 Å². The molecule has 1 saturated heterocycles. The van der Waals surface area contributed by atoms with Crippen molar-refractivity contribution in [2.75, 3.05) is 17.4 Å². The van der Waals surface area contributed by atoms with Gasteiger partial charge in [0.1, 0.15) is 12.3 Å². The second-order valence-corrected chi connectivity index (χ2v) is 11.3. The highest BCUT2D eigenvalue weighted by atomic mass is 32.2. The minimum Gasteiger partial charge on any atom is -0.506 e. The number of carbonyl (C=O) groups excluding carboxylic acids is 2. The largest absolute Gasteiger partial charge is 0.506 e. The number of nitrogens with one attached hydrogen (secondary N) is 3. The molecule has 2 amide bonds. The van der Waals surface area contributed by atoms with Crippen molar-refractivity contribution in [3.63, 3.8) is 0 Å². The fraction of sp³-hybridized carbons (Fsp3) is 0.364. The van der Waals surface area contributed by atoms with Gasteiger partial charge in [-0.2, -0.15) is 8.42 Å². The Morgan fingerprint density at radius 1 is 1.17 bits per heavy atom. The van der Waals surface area contributed by atoms with Crippen LogP contribution in [-0.2, 0) is 29.8 Å². The molecule has 0 aliphatic carbocycles. The maximum atomic E-state index is 13.0. The maximum absolute atomic E-state index is 13.0. The zero-order chi connectivity index (χ0) is 25.8. The Kier molecular flexibility index (Phi) is 8.03. The summed E-state index contributed by atoms with van der Waals surface area (Å²) < 4.78 is 55.6. The molecule has 0 aromatic heterocycles. The number of phenolic OH excluding ortho intramolecular Hbond substituents is 1. The quantitative estimate of drug-likeness (QED) is 0.359. The average Bonchev–Trinajstić information content (AvgIpc) is 3.09. The fourth-order valence-corrected chi connectivity index (χ4v) is 6.34. The van der Waals surface area contributed by atoms with E-state index in [9.17, 15) is 31.5 Å². The smallest absolute Gasteiger partial charge is 0.326 e. The van der Waals surface area contributed by atoms with Gasteiger partial charge >= 0.3 is 10.2 Å². The van der Waals surface area contributed by atoms with Gasteiger partial charge in [0.2, 0.25) is 15.9 Å². The van der Waals surface area contributed by atoms with Crippen LogP contribution in [0.4, 0.5) is 5.69 Å². The van der Waals surface area contributed by atoms with E-state index in [0.717, 1.165) is 4.31 Å². The second kappa shape index (κ2) is 10.6. The highest BCUT2D eigenvalue weighted by Gasteiger charge is 2.36. The predicted octanol–water partition coefficient (Wildman–Crippen LogP) is 0.940. The highest BCUT2D eigenvalue weighted by molar-refractivity contribution is 7.92. The van der Waals surface area contributed by atoms with Gasteiger partial charge in [-0.05, 0) is 36.2 Å². The van der Waals surface area contributed by atoms with Crippen LogP contribution in [0.3, 0.4) is 0 Å². The summed E-state index contributed by atoms with van der Waals surface area (Å²) in [6.07, 6.45) is 0.659. The van der Waals surface area contributed by atoms with Crippen LogP contribution in [0.5, 0.6) is 5.75 Å². The normalized spacial score (nSPS) is 17.0. The summed E-state index contributed by atoms with van der Waals surface area (Å²) in [7, 11) is -8.04. The Hall–Kier alpha value is -3.16. The van der Waals surface area contributed by atoms with Crippen LogP contribution >= 0.6 is 0 Å². The van der Waals surface area contributed by atoms with Crippen LogP contribution in [0.25, 0.3) is 0 Å². The number of nitrogens with zero attached hydrogens (tertiary/aromatic N) is 1. The molecule has 35 heavy (non-hydrogen) atoms. The Morgan fingerprint density at radius 3 is 2.40 bits per heavy atom. The highest BCUT2D eigenvalue weighted by Crippen LogP contribution is 2.35. The summed E-state index contributed by atoms with van der Waals surface area (Å²) in [5.41, 5.74) is 0.443. The third-order valence-electron chi connectivity index (χ3n) is 5.64. The first kappa shape index (κ1) is 26.4. The van der Waals surface area contributed by atoms with Crippen LogP contribution in [-0.4, -0.2) is 52.9 Å². The zero-order valence-electron chi connectivity index (χ0n) is 19.3. The molecular formula is C22H28N4O7S2. The summed E-state index contributed by atoms with van der Waals surface area (Å²) in [5, 5.41) is 13.3. The Morgan fingerprint density at radius 2 is 1.86 bits per heavy atom. The minimum absolute atomic E-state index is 0.00131. The van der Waals surface area contributed by atoms with Gasteiger partial charge in [-0.15, -0.1) is 0 Å². The lowest BCUT2D eigenvalue weighted by atomic mass is 9.89. The molecule has 1 aliphatic heterocycles. The van der Waals surface area contributed by atoms with E-state index in [1.54, 1.807) is 31.2 Å². The number of anilines is 1. The van der Waals surface area contributed by atoms with Crippen molar-refractivity contribution >= 4 is 37.7 Å². The molecule has 2 aromatic rings. The number of hydrogen-bond acceptors (Lipinski definition) is 7. The molecule has 1 aliphatic rings. The van der Waals surface area contributed by atoms with Crippen molar-refractivity contribution in [1.82, 2.24) is 14.8 Å². The summed E-state index contributed by atoms with van der Waals surface area (Å²) >= 11 is 0. The first-order valence-electron chi connectivity index (χ1n) is 11.0. The molecule has 2 aromatic carbocycles. The van der Waals surface area contributed by atoms with Gasteiger partial charge < -0.3 is 10.4 Å². The van der Waals surface area contributed by atoms with Gasteiger partial charge in [0.05, 0.1) is 10.6 Å². The number of amides is 2. The number of sulfonamides is 1. The first-order valence-corrected chi connectivity index (χ1v) is 13.9. The van der Waals surface area contributed by atoms with Crippen molar-refractivity contribution in [3.8, 4) is 5.75 Å². The molecule has 0 saturated carbocycles. The molecule has 190 valence electrons. The molecule has 0 bridgehead atoms. The number of rotatable bonds is 10. The van der Waals surface area contributed by atoms with E-state index in [1.165, 1.54) is 24.3 Å².